The highest BCUT2D eigenvalue weighted by Crippen LogP contribution is 2.43. The summed E-state index contributed by atoms with van der Waals surface area (Å²) in [4.78, 5) is 30.6. The van der Waals surface area contributed by atoms with Gasteiger partial charge >= 0.3 is 18.2 Å². The van der Waals surface area contributed by atoms with Crippen molar-refractivity contribution in [3.63, 3.8) is 0 Å². The molecule has 9 nitrogen and oxygen atoms in total. The number of alkyl halides is 3. The number of hydrogen-bond acceptors (Lipinski definition) is 6. The molecule has 0 radical (unpaired) electrons. The third-order valence-electron chi connectivity index (χ3n) is 6.88. The number of piperidine rings is 1. The SMILES string of the molecule is CC1=C(C#N)[C@@H](c2ccc(C#N)cc2S(C)(=O)=O)N(C(=O)N2CCCCC2)C(=O)N1c1cccc(C(F)(F)F)c1. The number of hydrogen-bond donors (Lipinski definition) is 0. The summed E-state index contributed by atoms with van der Waals surface area (Å²) < 4.78 is 66.1. The van der Waals surface area contributed by atoms with Crippen LogP contribution in [0.4, 0.5) is 28.4 Å². The number of urea groups is 2. The second kappa shape index (κ2) is 10.7. The summed E-state index contributed by atoms with van der Waals surface area (Å²) in [6, 6.07) is 8.05. The highest BCUT2D eigenvalue weighted by atomic mass is 32.2. The Balaban J connectivity index is 2.00. The van der Waals surface area contributed by atoms with E-state index in [-0.39, 0.29) is 33.0 Å². The molecule has 0 aromatic heterocycles. The summed E-state index contributed by atoms with van der Waals surface area (Å²) in [7, 11) is -4.03. The molecule has 2 aromatic carbocycles. The number of likely N-dealkylation sites (tertiary alicyclic amines) is 1. The molecule has 208 valence electrons. The fourth-order valence-electron chi connectivity index (χ4n) is 4.95. The second-order valence-corrected chi connectivity index (χ2v) is 11.5. The monoisotopic (exact) mass is 571 g/mol. The van der Waals surface area contributed by atoms with Crippen LogP contribution in [0.3, 0.4) is 0 Å². The quantitative estimate of drug-likeness (QED) is 0.488. The van der Waals surface area contributed by atoms with Crippen molar-refractivity contribution in [3.05, 3.63) is 70.4 Å². The predicted octanol–water partition coefficient (Wildman–Crippen LogP) is 5.37. The van der Waals surface area contributed by atoms with Gasteiger partial charge in [-0.25, -0.2) is 22.9 Å². The lowest BCUT2D eigenvalue weighted by atomic mass is 9.93. The van der Waals surface area contributed by atoms with Crippen molar-refractivity contribution in [1.29, 1.82) is 10.5 Å². The average Bonchev–Trinajstić information content (AvgIpc) is 2.92. The molecule has 0 aliphatic carbocycles. The summed E-state index contributed by atoms with van der Waals surface area (Å²) in [5.74, 6) is 0. The van der Waals surface area contributed by atoms with Gasteiger partial charge in [0, 0.05) is 25.0 Å². The second-order valence-electron chi connectivity index (χ2n) is 9.52. The first-order valence-corrected chi connectivity index (χ1v) is 14.1. The van der Waals surface area contributed by atoms with Gasteiger partial charge < -0.3 is 4.90 Å². The Morgan fingerprint density at radius 3 is 2.27 bits per heavy atom. The van der Waals surface area contributed by atoms with Crippen LogP contribution in [0.5, 0.6) is 0 Å². The predicted molar refractivity (Wildman–Crippen MR) is 137 cm³/mol. The fraction of sp³-hybridized carbons (Fsp3) is 0.333. The van der Waals surface area contributed by atoms with E-state index in [4.69, 9.17) is 0 Å². The van der Waals surface area contributed by atoms with E-state index in [1.54, 1.807) is 0 Å². The van der Waals surface area contributed by atoms with Gasteiger partial charge in [0.1, 0.15) is 6.04 Å². The molecule has 40 heavy (non-hydrogen) atoms. The lowest BCUT2D eigenvalue weighted by molar-refractivity contribution is -0.137. The minimum Gasteiger partial charge on any atom is -0.324 e. The molecule has 1 fully saturated rings. The van der Waals surface area contributed by atoms with Crippen LogP contribution in [0.25, 0.3) is 0 Å². The van der Waals surface area contributed by atoms with Crippen LogP contribution in [0.1, 0.15) is 48.9 Å². The number of allylic oxidation sites excluding steroid dienone is 1. The van der Waals surface area contributed by atoms with Crippen LogP contribution in [0.15, 0.2) is 58.6 Å². The number of rotatable bonds is 3. The van der Waals surface area contributed by atoms with E-state index in [0.717, 1.165) is 46.7 Å². The zero-order valence-corrected chi connectivity index (χ0v) is 22.4. The highest BCUT2D eigenvalue weighted by Gasteiger charge is 2.46. The maximum Gasteiger partial charge on any atom is 0.416 e. The molecule has 0 spiro atoms. The summed E-state index contributed by atoms with van der Waals surface area (Å²) in [5, 5.41) is 19.6. The van der Waals surface area contributed by atoms with Crippen molar-refractivity contribution in [1.82, 2.24) is 9.80 Å². The number of imide groups is 1. The Hall–Kier alpha value is -4.36. The number of nitriles is 2. The number of carbonyl (C=O) groups excluding carboxylic acids is 2. The largest absolute Gasteiger partial charge is 0.416 e. The normalized spacial score (nSPS) is 18.4. The molecule has 2 heterocycles. The third kappa shape index (κ3) is 5.25. The van der Waals surface area contributed by atoms with Crippen LogP contribution in [-0.2, 0) is 16.0 Å². The van der Waals surface area contributed by atoms with Crippen molar-refractivity contribution < 1.29 is 31.2 Å². The molecule has 4 amide bonds. The molecule has 4 rings (SSSR count). The van der Waals surface area contributed by atoms with Crippen LogP contribution in [0, 0.1) is 22.7 Å². The molecule has 1 atom stereocenters. The van der Waals surface area contributed by atoms with E-state index in [2.05, 4.69) is 0 Å². The maximum atomic E-state index is 14.1. The van der Waals surface area contributed by atoms with Crippen molar-refractivity contribution in [2.24, 2.45) is 0 Å². The zero-order valence-electron chi connectivity index (χ0n) is 21.6. The molecule has 2 aliphatic rings. The minimum absolute atomic E-state index is 0.00465. The van der Waals surface area contributed by atoms with Crippen LogP contribution in [0.2, 0.25) is 0 Å². The number of nitrogens with zero attached hydrogens (tertiary/aromatic N) is 5. The zero-order chi connectivity index (χ0) is 29.4. The molecule has 0 N–H and O–H groups in total. The minimum atomic E-state index is -4.72. The number of amides is 4. The molecule has 0 saturated carbocycles. The number of carbonyl (C=O) groups is 2. The average molecular weight is 572 g/mol. The first kappa shape index (κ1) is 28.6. The van der Waals surface area contributed by atoms with Gasteiger partial charge in [0.05, 0.1) is 39.4 Å². The number of halogens is 3. The summed E-state index contributed by atoms with van der Waals surface area (Å²) >= 11 is 0. The van der Waals surface area contributed by atoms with E-state index < -0.39 is 39.7 Å². The van der Waals surface area contributed by atoms with Gasteiger partial charge in [0.15, 0.2) is 9.84 Å². The van der Waals surface area contributed by atoms with Crippen molar-refractivity contribution in [2.45, 2.75) is 43.3 Å². The topological polar surface area (TPSA) is 126 Å². The molecular weight excluding hydrogens is 547 g/mol. The Kier molecular flexibility index (Phi) is 7.63. The Labute approximate surface area is 229 Å². The maximum absolute atomic E-state index is 14.1. The molecular formula is C27H24F3N5O4S. The number of sulfone groups is 1. The van der Waals surface area contributed by atoms with Gasteiger partial charge in [-0.15, -0.1) is 0 Å². The van der Waals surface area contributed by atoms with Crippen LogP contribution < -0.4 is 4.90 Å². The molecule has 2 aliphatic heterocycles. The first-order chi connectivity index (χ1) is 18.8. The standard InChI is InChI=1S/C27H24F3N5O4S/c1-17-22(16-32)24(21-10-9-18(15-31)13-23(21)40(2,38)39)35(25(36)33-11-4-3-5-12-33)26(37)34(17)20-8-6-7-19(14-20)27(28,29)30/h6-10,13-14,24H,3-5,11-12H2,1-2H3/t24-/m1/s1. The van der Waals surface area contributed by atoms with E-state index in [1.807, 2.05) is 12.1 Å². The van der Waals surface area contributed by atoms with E-state index in [0.29, 0.717) is 25.9 Å². The van der Waals surface area contributed by atoms with Crippen LogP contribution in [-0.4, -0.2) is 49.6 Å². The highest BCUT2D eigenvalue weighted by molar-refractivity contribution is 7.90. The third-order valence-corrected chi connectivity index (χ3v) is 8.03. The van der Waals surface area contributed by atoms with Gasteiger partial charge in [-0.3, -0.25) is 4.90 Å². The van der Waals surface area contributed by atoms with E-state index in [1.165, 1.54) is 30.0 Å². The Morgan fingerprint density at radius 2 is 1.70 bits per heavy atom. The van der Waals surface area contributed by atoms with Crippen molar-refractivity contribution >= 4 is 27.6 Å². The molecule has 1 saturated heterocycles. The number of anilines is 1. The van der Waals surface area contributed by atoms with Gasteiger partial charge in [-0.2, -0.15) is 23.7 Å². The lowest BCUT2D eigenvalue weighted by Crippen LogP contribution is -2.56. The molecule has 0 unspecified atom stereocenters. The molecule has 13 heteroatoms. The number of benzene rings is 2. The summed E-state index contributed by atoms with van der Waals surface area (Å²) in [6.45, 7) is 1.95. The summed E-state index contributed by atoms with van der Waals surface area (Å²) in [6.07, 6.45) is -1.66. The van der Waals surface area contributed by atoms with Crippen LogP contribution >= 0.6 is 0 Å². The smallest absolute Gasteiger partial charge is 0.324 e. The van der Waals surface area contributed by atoms with Crippen molar-refractivity contribution in [3.8, 4) is 12.1 Å². The molecule has 2 aromatic rings. The Bertz CT molecular complexity index is 1600. The van der Waals surface area contributed by atoms with Gasteiger partial charge in [-0.1, -0.05) is 12.1 Å². The Morgan fingerprint density at radius 1 is 1.02 bits per heavy atom. The fourth-order valence-corrected chi connectivity index (χ4v) is 5.90. The lowest BCUT2D eigenvalue weighted by Gasteiger charge is -2.43. The van der Waals surface area contributed by atoms with Crippen molar-refractivity contribution in [2.75, 3.05) is 24.2 Å². The van der Waals surface area contributed by atoms with Gasteiger partial charge in [0.25, 0.3) is 0 Å². The summed E-state index contributed by atoms with van der Waals surface area (Å²) in [5.41, 5.74) is -1.61. The van der Waals surface area contributed by atoms with E-state index in [9.17, 15) is 41.7 Å². The first-order valence-electron chi connectivity index (χ1n) is 12.2. The molecule has 0 bridgehead atoms. The van der Waals surface area contributed by atoms with E-state index >= 15 is 0 Å². The van der Waals surface area contributed by atoms with Gasteiger partial charge in [-0.05, 0) is 62.1 Å². The van der Waals surface area contributed by atoms with Gasteiger partial charge in [0.2, 0.25) is 0 Å².